The summed E-state index contributed by atoms with van der Waals surface area (Å²) in [5.41, 5.74) is 0.225. The van der Waals surface area contributed by atoms with Gasteiger partial charge in [0.1, 0.15) is 30.1 Å². The summed E-state index contributed by atoms with van der Waals surface area (Å²) in [4.78, 5) is 12.6. The first-order valence-corrected chi connectivity index (χ1v) is 11.9. The second-order valence-corrected chi connectivity index (χ2v) is 9.64. The number of methoxy groups -OCH3 is 2. The molecule has 1 saturated carbocycles. The topological polar surface area (TPSA) is 89.6 Å². The summed E-state index contributed by atoms with van der Waals surface area (Å²) >= 11 is 6.24. The van der Waals surface area contributed by atoms with Crippen LogP contribution in [0.3, 0.4) is 0 Å². The van der Waals surface area contributed by atoms with E-state index in [0.29, 0.717) is 12.8 Å². The zero-order valence-electron chi connectivity index (χ0n) is 20.1. The first kappa shape index (κ1) is 25.8. The van der Waals surface area contributed by atoms with Gasteiger partial charge in [-0.1, -0.05) is 11.6 Å². The van der Waals surface area contributed by atoms with Crippen LogP contribution >= 0.6 is 11.6 Å². The minimum atomic E-state index is -1.17. The number of carbonyl (C=O) groups excluding carboxylic acids is 1. The number of aliphatic hydroxyl groups is 1. The molecule has 2 N–H and O–H groups in total. The fourth-order valence-electron chi connectivity index (χ4n) is 4.92. The monoisotopic (exact) mass is 481 g/mol. The number of hydrogen-bond acceptors (Lipinski definition) is 7. The highest BCUT2D eigenvalue weighted by atomic mass is 35.5. The molecule has 1 aliphatic carbocycles. The van der Waals surface area contributed by atoms with Crippen molar-refractivity contribution in [3.63, 3.8) is 0 Å². The standard InChI is InChI=1S/C25H36ClNO6/c1-16(2)6-11-20-24(3,33-20)23-22(31-5)19(12-13-25(23,29)15-26)32-21(28)14-27-17-7-9-18(30-4)10-8-17/h6-10,19-20,22-23,27,29H,11-15H2,1-5H3. The Balaban J connectivity index is 1.67. The largest absolute Gasteiger partial charge is 0.497 e. The Morgan fingerprint density at radius 1 is 1.30 bits per heavy atom. The van der Waals surface area contributed by atoms with Crippen LogP contribution in [0.25, 0.3) is 0 Å². The van der Waals surface area contributed by atoms with Gasteiger partial charge in [0.2, 0.25) is 0 Å². The maximum Gasteiger partial charge on any atom is 0.325 e. The third-order valence-corrected chi connectivity index (χ3v) is 7.25. The Hall–Kier alpha value is -1.80. The second kappa shape index (κ2) is 10.6. The number of carbonyl (C=O) groups is 1. The van der Waals surface area contributed by atoms with Crippen molar-refractivity contribution < 1.29 is 28.8 Å². The van der Waals surface area contributed by atoms with Crippen molar-refractivity contribution >= 4 is 23.3 Å². The van der Waals surface area contributed by atoms with Gasteiger partial charge >= 0.3 is 5.97 Å². The molecular weight excluding hydrogens is 446 g/mol. The molecule has 2 fully saturated rings. The number of benzene rings is 1. The van der Waals surface area contributed by atoms with Gasteiger partial charge in [0, 0.05) is 12.8 Å². The molecule has 0 bridgehead atoms. The van der Waals surface area contributed by atoms with Crippen LogP contribution in [0.2, 0.25) is 0 Å². The fourth-order valence-corrected chi connectivity index (χ4v) is 5.22. The molecule has 1 heterocycles. The number of halogens is 1. The molecule has 0 aromatic heterocycles. The van der Waals surface area contributed by atoms with Crippen LogP contribution in [0.5, 0.6) is 5.75 Å². The predicted octanol–water partition coefficient (Wildman–Crippen LogP) is 3.93. The molecule has 3 rings (SSSR count). The van der Waals surface area contributed by atoms with Gasteiger partial charge in [-0.05, 0) is 64.3 Å². The molecule has 33 heavy (non-hydrogen) atoms. The number of anilines is 1. The summed E-state index contributed by atoms with van der Waals surface area (Å²) in [6, 6.07) is 7.29. The predicted molar refractivity (Wildman–Crippen MR) is 128 cm³/mol. The van der Waals surface area contributed by atoms with Crippen LogP contribution in [-0.2, 0) is 19.0 Å². The zero-order chi connectivity index (χ0) is 24.2. The lowest BCUT2D eigenvalue weighted by Gasteiger charge is -2.48. The SMILES string of the molecule is COc1ccc(NCC(=O)OC2CCC(O)(CCl)C(C3(C)OC3CC=C(C)C)C2OC)cc1. The molecule has 7 nitrogen and oxygen atoms in total. The smallest absolute Gasteiger partial charge is 0.325 e. The number of ether oxygens (including phenoxy) is 4. The Labute approximate surface area is 201 Å². The Kier molecular flexibility index (Phi) is 8.32. The molecule has 2 aliphatic rings. The third-order valence-electron chi connectivity index (χ3n) is 6.78. The number of alkyl halides is 1. The first-order valence-electron chi connectivity index (χ1n) is 11.4. The fraction of sp³-hybridized carbons (Fsp3) is 0.640. The minimum Gasteiger partial charge on any atom is -0.497 e. The van der Waals surface area contributed by atoms with Crippen LogP contribution in [0.15, 0.2) is 35.9 Å². The maximum atomic E-state index is 12.6. The van der Waals surface area contributed by atoms with E-state index in [1.165, 1.54) is 5.57 Å². The lowest BCUT2D eigenvalue weighted by atomic mass is 9.66. The van der Waals surface area contributed by atoms with E-state index in [4.69, 9.17) is 30.5 Å². The molecule has 6 atom stereocenters. The summed E-state index contributed by atoms with van der Waals surface area (Å²) in [7, 11) is 3.18. The van der Waals surface area contributed by atoms with Crippen molar-refractivity contribution in [2.24, 2.45) is 5.92 Å². The number of nitrogens with one attached hydrogen (secondary N) is 1. The number of rotatable bonds is 10. The Morgan fingerprint density at radius 3 is 2.58 bits per heavy atom. The van der Waals surface area contributed by atoms with E-state index in [-0.39, 0.29) is 18.5 Å². The van der Waals surface area contributed by atoms with E-state index in [2.05, 4.69) is 11.4 Å². The molecule has 1 aromatic rings. The Bertz CT molecular complexity index is 842. The van der Waals surface area contributed by atoms with Crippen LogP contribution in [0, 0.1) is 5.92 Å². The average Bonchev–Trinajstić information content (AvgIpc) is 3.47. The van der Waals surface area contributed by atoms with E-state index in [1.54, 1.807) is 14.2 Å². The highest BCUT2D eigenvalue weighted by Gasteiger charge is 2.67. The van der Waals surface area contributed by atoms with Crippen molar-refractivity contribution in [3.05, 3.63) is 35.9 Å². The van der Waals surface area contributed by atoms with Crippen molar-refractivity contribution in [1.82, 2.24) is 0 Å². The summed E-state index contributed by atoms with van der Waals surface area (Å²) in [5, 5.41) is 14.4. The van der Waals surface area contributed by atoms with Gasteiger partial charge in [0.25, 0.3) is 0 Å². The van der Waals surface area contributed by atoms with E-state index in [0.717, 1.165) is 17.9 Å². The molecule has 8 heteroatoms. The van der Waals surface area contributed by atoms with E-state index in [9.17, 15) is 9.90 Å². The molecular formula is C25H36ClNO6. The zero-order valence-corrected chi connectivity index (χ0v) is 20.9. The lowest BCUT2D eigenvalue weighted by molar-refractivity contribution is -0.191. The summed E-state index contributed by atoms with van der Waals surface area (Å²) in [6.45, 7) is 6.09. The summed E-state index contributed by atoms with van der Waals surface area (Å²) < 4.78 is 22.9. The molecule has 0 radical (unpaired) electrons. The summed E-state index contributed by atoms with van der Waals surface area (Å²) in [6.07, 6.45) is 2.66. The molecule has 0 spiro atoms. The van der Waals surface area contributed by atoms with Crippen LogP contribution in [0.1, 0.15) is 40.0 Å². The number of esters is 1. The van der Waals surface area contributed by atoms with E-state index in [1.807, 2.05) is 45.0 Å². The highest BCUT2D eigenvalue weighted by Crippen LogP contribution is 2.54. The van der Waals surface area contributed by atoms with Crippen LogP contribution in [-0.4, -0.2) is 67.2 Å². The van der Waals surface area contributed by atoms with Crippen molar-refractivity contribution in [3.8, 4) is 5.75 Å². The van der Waals surface area contributed by atoms with Crippen molar-refractivity contribution in [2.45, 2.75) is 69.5 Å². The number of hydrogen-bond donors (Lipinski definition) is 2. The van der Waals surface area contributed by atoms with E-state index >= 15 is 0 Å². The van der Waals surface area contributed by atoms with Gasteiger partial charge in [0.15, 0.2) is 0 Å². The quantitative estimate of drug-likeness (QED) is 0.226. The van der Waals surface area contributed by atoms with Crippen LogP contribution in [0.4, 0.5) is 5.69 Å². The summed E-state index contributed by atoms with van der Waals surface area (Å²) in [5.74, 6) is -0.0178. The van der Waals surface area contributed by atoms with E-state index < -0.39 is 35.3 Å². The molecule has 184 valence electrons. The second-order valence-electron chi connectivity index (χ2n) is 9.37. The maximum absolute atomic E-state index is 12.6. The molecule has 1 saturated heterocycles. The van der Waals surface area contributed by atoms with Gasteiger partial charge in [0.05, 0.1) is 30.6 Å². The van der Waals surface area contributed by atoms with Crippen LogP contribution < -0.4 is 10.1 Å². The van der Waals surface area contributed by atoms with Gasteiger partial charge in [-0.25, -0.2) is 0 Å². The molecule has 1 aromatic carbocycles. The number of epoxide rings is 1. The highest BCUT2D eigenvalue weighted by molar-refractivity contribution is 6.18. The average molecular weight is 482 g/mol. The minimum absolute atomic E-state index is 0.0146. The van der Waals surface area contributed by atoms with Gasteiger partial charge in [-0.3, -0.25) is 4.79 Å². The van der Waals surface area contributed by atoms with Crippen molar-refractivity contribution in [1.29, 1.82) is 0 Å². The van der Waals surface area contributed by atoms with Gasteiger partial charge in [-0.15, -0.1) is 11.6 Å². The van der Waals surface area contributed by atoms with Gasteiger partial charge in [-0.2, -0.15) is 0 Å². The number of allylic oxidation sites excluding steroid dienone is 1. The molecule has 1 aliphatic heterocycles. The third kappa shape index (κ3) is 5.83. The molecule has 6 unspecified atom stereocenters. The molecule has 0 amide bonds. The van der Waals surface area contributed by atoms with Crippen molar-refractivity contribution in [2.75, 3.05) is 32.0 Å². The Morgan fingerprint density at radius 2 is 2.00 bits per heavy atom. The van der Waals surface area contributed by atoms with Gasteiger partial charge < -0.3 is 29.4 Å². The normalized spacial score (nSPS) is 33.2. The lowest BCUT2D eigenvalue weighted by Crippen LogP contribution is -2.61. The first-order chi connectivity index (χ1) is 15.7.